The summed E-state index contributed by atoms with van der Waals surface area (Å²) in [6, 6.07) is 0. The second-order valence-electron chi connectivity index (χ2n) is 7.44. The van der Waals surface area contributed by atoms with Crippen molar-refractivity contribution in [3.05, 3.63) is 17.0 Å². The number of hydrogen-bond acceptors (Lipinski definition) is 5. The van der Waals surface area contributed by atoms with Crippen molar-refractivity contribution in [2.24, 2.45) is 5.92 Å². The zero-order chi connectivity index (χ0) is 17.2. The van der Waals surface area contributed by atoms with Crippen molar-refractivity contribution in [3.8, 4) is 0 Å². The SMILES string of the molecule is Cc1nc(N2CCOCC2)nc2c1CCN(C(=O)C1CCCC1)CC2. The van der Waals surface area contributed by atoms with Gasteiger partial charge in [-0.3, -0.25) is 4.79 Å². The minimum atomic E-state index is 0.261. The van der Waals surface area contributed by atoms with Gasteiger partial charge in [-0.2, -0.15) is 0 Å². The van der Waals surface area contributed by atoms with Gasteiger partial charge in [0.2, 0.25) is 11.9 Å². The fourth-order valence-electron chi connectivity index (χ4n) is 4.33. The molecule has 0 bridgehead atoms. The fourth-order valence-corrected chi connectivity index (χ4v) is 4.33. The van der Waals surface area contributed by atoms with Crippen molar-refractivity contribution in [3.63, 3.8) is 0 Å². The second-order valence-corrected chi connectivity index (χ2v) is 7.44. The van der Waals surface area contributed by atoms with Crippen LogP contribution in [-0.2, 0) is 22.4 Å². The molecule has 136 valence electrons. The maximum Gasteiger partial charge on any atom is 0.225 e. The number of anilines is 1. The van der Waals surface area contributed by atoms with E-state index in [1.165, 1.54) is 18.4 Å². The Labute approximate surface area is 149 Å². The number of fused-ring (bicyclic) bond motifs is 1. The van der Waals surface area contributed by atoms with Gasteiger partial charge in [-0.15, -0.1) is 0 Å². The van der Waals surface area contributed by atoms with Crippen molar-refractivity contribution in [2.45, 2.75) is 45.4 Å². The number of morpholine rings is 1. The number of carbonyl (C=O) groups is 1. The van der Waals surface area contributed by atoms with Crippen molar-refractivity contribution in [1.29, 1.82) is 0 Å². The van der Waals surface area contributed by atoms with Gasteiger partial charge in [-0.05, 0) is 31.7 Å². The van der Waals surface area contributed by atoms with Crippen molar-refractivity contribution >= 4 is 11.9 Å². The van der Waals surface area contributed by atoms with Crippen LogP contribution in [0.3, 0.4) is 0 Å². The monoisotopic (exact) mass is 344 g/mol. The molecule has 25 heavy (non-hydrogen) atoms. The standard InChI is InChI=1S/C19H28N4O2/c1-14-16-6-8-22(18(24)15-4-2-3-5-15)9-7-17(16)21-19(20-14)23-10-12-25-13-11-23/h15H,2-13H2,1H3. The summed E-state index contributed by atoms with van der Waals surface area (Å²) >= 11 is 0. The minimum Gasteiger partial charge on any atom is -0.378 e. The summed E-state index contributed by atoms with van der Waals surface area (Å²) in [4.78, 5) is 26.7. The Balaban J connectivity index is 1.50. The van der Waals surface area contributed by atoms with Crippen LogP contribution in [0.15, 0.2) is 0 Å². The zero-order valence-electron chi connectivity index (χ0n) is 15.2. The number of nitrogens with zero attached hydrogens (tertiary/aromatic N) is 4. The Morgan fingerprint density at radius 2 is 1.76 bits per heavy atom. The number of hydrogen-bond donors (Lipinski definition) is 0. The van der Waals surface area contributed by atoms with E-state index >= 15 is 0 Å². The molecular weight excluding hydrogens is 316 g/mol. The third-order valence-corrected chi connectivity index (χ3v) is 5.85. The molecule has 1 amide bonds. The first-order valence-electron chi connectivity index (χ1n) is 9.70. The van der Waals surface area contributed by atoms with Crippen molar-refractivity contribution in [2.75, 3.05) is 44.3 Å². The molecule has 0 unspecified atom stereocenters. The smallest absolute Gasteiger partial charge is 0.225 e. The third kappa shape index (κ3) is 3.50. The third-order valence-electron chi connectivity index (χ3n) is 5.85. The van der Waals surface area contributed by atoms with Gasteiger partial charge in [0.05, 0.1) is 18.9 Å². The fraction of sp³-hybridized carbons (Fsp3) is 0.737. The van der Waals surface area contributed by atoms with Crippen LogP contribution in [0.4, 0.5) is 5.95 Å². The van der Waals surface area contributed by atoms with Gasteiger partial charge in [0, 0.05) is 44.2 Å². The van der Waals surface area contributed by atoms with Crippen LogP contribution in [0.25, 0.3) is 0 Å². The molecule has 3 heterocycles. The predicted molar refractivity (Wildman–Crippen MR) is 95.7 cm³/mol. The molecular formula is C19H28N4O2. The molecule has 1 aromatic heterocycles. The van der Waals surface area contributed by atoms with Gasteiger partial charge < -0.3 is 14.5 Å². The Morgan fingerprint density at radius 1 is 1.04 bits per heavy atom. The molecule has 0 spiro atoms. The minimum absolute atomic E-state index is 0.261. The van der Waals surface area contributed by atoms with E-state index in [0.717, 1.165) is 82.4 Å². The molecule has 2 fully saturated rings. The van der Waals surface area contributed by atoms with Crippen LogP contribution in [0.1, 0.15) is 42.6 Å². The Kier molecular flexibility index (Phi) is 4.88. The quantitative estimate of drug-likeness (QED) is 0.818. The first-order valence-corrected chi connectivity index (χ1v) is 9.70. The molecule has 0 aromatic carbocycles. The average Bonchev–Trinajstić information content (AvgIpc) is 3.09. The van der Waals surface area contributed by atoms with Crippen molar-refractivity contribution < 1.29 is 9.53 Å². The van der Waals surface area contributed by atoms with Crippen LogP contribution in [-0.4, -0.2) is 60.2 Å². The summed E-state index contributed by atoms with van der Waals surface area (Å²) in [5.41, 5.74) is 3.45. The first-order chi connectivity index (χ1) is 12.2. The largest absolute Gasteiger partial charge is 0.378 e. The first kappa shape index (κ1) is 16.8. The molecule has 3 aliphatic rings. The topological polar surface area (TPSA) is 58.6 Å². The molecule has 1 saturated heterocycles. The van der Waals surface area contributed by atoms with Gasteiger partial charge in [0.1, 0.15) is 0 Å². The molecule has 4 rings (SSSR count). The van der Waals surface area contributed by atoms with E-state index in [4.69, 9.17) is 14.7 Å². The van der Waals surface area contributed by atoms with Gasteiger partial charge in [-0.1, -0.05) is 12.8 Å². The molecule has 0 N–H and O–H groups in total. The molecule has 1 aromatic rings. The van der Waals surface area contributed by atoms with E-state index in [2.05, 4.69) is 16.7 Å². The number of rotatable bonds is 2. The number of aryl methyl sites for hydroxylation is 1. The maximum atomic E-state index is 12.8. The van der Waals surface area contributed by atoms with E-state index in [1.807, 2.05) is 0 Å². The number of ether oxygens (including phenoxy) is 1. The van der Waals surface area contributed by atoms with Crippen LogP contribution < -0.4 is 4.90 Å². The molecule has 0 atom stereocenters. The number of amides is 1. The highest BCUT2D eigenvalue weighted by atomic mass is 16.5. The molecule has 6 heteroatoms. The maximum absolute atomic E-state index is 12.8. The van der Waals surface area contributed by atoms with Gasteiger partial charge in [0.15, 0.2) is 0 Å². The highest BCUT2D eigenvalue weighted by molar-refractivity contribution is 5.79. The zero-order valence-corrected chi connectivity index (χ0v) is 15.2. The normalized spacial score (nSPS) is 22.0. The lowest BCUT2D eigenvalue weighted by atomic mass is 10.1. The second kappa shape index (κ2) is 7.28. The lowest BCUT2D eigenvalue weighted by molar-refractivity contribution is -0.135. The number of carbonyl (C=O) groups excluding carboxylic acids is 1. The molecule has 1 aliphatic carbocycles. The summed E-state index contributed by atoms with van der Waals surface area (Å²) in [5, 5.41) is 0. The van der Waals surface area contributed by atoms with E-state index in [9.17, 15) is 4.79 Å². The van der Waals surface area contributed by atoms with Crippen LogP contribution in [0.2, 0.25) is 0 Å². The summed E-state index contributed by atoms with van der Waals surface area (Å²) in [6.07, 6.45) is 6.28. The van der Waals surface area contributed by atoms with Crippen LogP contribution in [0, 0.1) is 12.8 Å². The predicted octanol–water partition coefficient (Wildman–Crippen LogP) is 1.74. The Hall–Kier alpha value is -1.69. The van der Waals surface area contributed by atoms with Crippen LogP contribution >= 0.6 is 0 Å². The summed E-state index contributed by atoms with van der Waals surface area (Å²) in [5.74, 6) is 1.46. The Morgan fingerprint density at radius 3 is 2.52 bits per heavy atom. The van der Waals surface area contributed by atoms with Gasteiger partial charge in [-0.25, -0.2) is 9.97 Å². The molecule has 2 aliphatic heterocycles. The lowest BCUT2D eigenvalue weighted by Gasteiger charge is -2.27. The number of aromatic nitrogens is 2. The molecule has 0 radical (unpaired) electrons. The average molecular weight is 344 g/mol. The van der Waals surface area contributed by atoms with Gasteiger partial charge in [0.25, 0.3) is 0 Å². The van der Waals surface area contributed by atoms with E-state index in [-0.39, 0.29) is 5.92 Å². The Bertz CT molecular complexity index is 637. The van der Waals surface area contributed by atoms with E-state index in [0.29, 0.717) is 5.91 Å². The highest BCUT2D eigenvalue weighted by Crippen LogP contribution is 2.28. The lowest BCUT2D eigenvalue weighted by Crippen LogP contribution is -2.37. The highest BCUT2D eigenvalue weighted by Gasteiger charge is 2.29. The van der Waals surface area contributed by atoms with Crippen LogP contribution in [0.5, 0.6) is 0 Å². The van der Waals surface area contributed by atoms with Crippen molar-refractivity contribution in [1.82, 2.24) is 14.9 Å². The molecule has 6 nitrogen and oxygen atoms in total. The van der Waals surface area contributed by atoms with Gasteiger partial charge >= 0.3 is 0 Å². The van der Waals surface area contributed by atoms with E-state index in [1.54, 1.807) is 0 Å². The van der Waals surface area contributed by atoms with E-state index < -0.39 is 0 Å². The summed E-state index contributed by atoms with van der Waals surface area (Å²) < 4.78 is 5.43. The summed E-state index contributed by atoms with van der Waals surface area (Å²) in [6.45, 7) is 6.87. The molecule has 1 saturated carbocycles. The summed E-state index contributed by atoms with van der Waals surface area (Å²) in [7, 11) is 0.